The number of hydrogen-bond donors (Lipinski definition) is 0. The molecular weight excluding hydrogens is 278 g/mol. The number of rotatable bonds is 3. The number of para-hydroxylation sites is 1. The molecule has 5 nitrogen and oxygen atoms in total. The zero-order valence-electron chi connectivity index (χ0n) is 6.71. The minimum absolute atomic E-state index is 0.0652. The van der Waals surface area contributed by atoms with E-state index < -0.39 is 18.8 Å². The van der Waals surface area contributed by atoms with Crippen molar-refractivity contribution in [3.05, 3.63) is 30.3 Å². The van der Waals surface area contributed by atoms with Gasteiger partial charge in [-0.2, -0.15) is 0 Å². The van der Waals surface area contributed by atoms with Crippen molar-refractivity contribution in [2.45, 2.75) is 0 Å². The summed E-state index contributed by atoms with van der Waals surface area (Å²) in [6.45, 7) is 0. The molecule has 0 unspecified atom stereocenters. The maximum absolute atomic E-state index is 10.9. The van der Waals surface area contributed by atoms with Crippen molar-refractivity contribution >= 4 is 30.4 Å². The Morgan fingerprint density at radius 1 is 1.21 bits per heavy atom. The molecule has 1 rings (SSSR count). The maximum atomic E-state index is 10.9. The van der Waals surface area contributed by atoms with Gasteiger partial charge in [-0.05, 0) is 0 Å². The Labute approximate surface area is 86.9 Å². The molecule has 0 aliphatic heterocycles. The van der Waals surface area contributed by atoms with Crippen molar-refractivity contribution in [3.63, 3.8) is 0 Å². The summed E-state index contributed by atoms with van der Waals surface area (Å²) in [4.78, 5) is 10.2. The first kappa shape index (κ1) is 11.0. The number of carbonyl (C=O) groups is 1. The summed E-state index contributed by atoms with van der Waals surface area (Å²) in [7, 11) is 0. The third-order valence-electron chi connectivity index (χ3n) is 1.11. The topological polar surface area (TPSA) is 69.7 Å². The second kappa shape index (κ2) is 4.41. The zero-order valence-corrected chi connectivity index (χ0v) is 9.18. The Morgan fingerprint density at radius 2 is 1.79 bits per heavy atom. The van der Waals surface area contributed by atoms with Gasteiger partial charge in [0.25, 0.3) is 0 Å². The van der Waals surface area contributed by atoms with Crippen LogP contribution in [0.15, 0.2) is 30.3 Å². The van der Waals surface area contributed by atoms with Crippen molar-refractivity contribution < 1.29 is 20.1 Å². The van der Waals surface area contributed by atoms with Gasteiger partial charge in [-0.1, -0.05) is 0 Å². The minimum atomic E-state index is -5.17. The third-order valence-corrected chi connectivity index (χ3v) is 2.97. The number of hydrogen-bond acceptors (Lipinski definition) is 5. The summed E-state index contributed by atoms with van der Waals surface area (Å²) in [5, 5.41) is 0. The van der Waals surface area contributed by atoms with Crippen molar-refractivity contribution in [2.75, 3.05) is 0 Å². The third kappa shape index (κ3) is 3.74. The molecule has 0 heterocycles. The molecular formula is C7H5ClO5Se. The standard InChI is InChI=1S/C7H5ClO5Se/c8-7(9)13-14(10,11)12-6-4-2-1-3-5-6/h1-5H. The molecule has 0 radical (unpaired) electrons. The van der Waals surface area contributed by atoms with E-state index >= 15 is 0 Å². The molecule has 76 valence electrons. The fourth-order valence-corrected chi connectivity index (χ4v) is 2.23. The first-order valence-electron chi connectivity index (χ1n) is 3.38. The molecule has 7 heteroatoms. The fourth-order valence-electron chi connectivity index (χ4n) is 0.691. The van der Waals surface area contributed by atoms with E-state index in [1.165, 1.54) is 12.1 Å². The molecule has 0 aromatic heterocycles. The van der Waals surface area contributed by atoms with Crippen LogP contribution in [0, 0.1) is 0 Å². The van der Waals surface area contributed by atoms with E-state index in [4.69, 9.17) is 11.6 Å². The van der Waals surface area contributed by atoms with Crippen molar-refractivity contribution in [3.8, 4) is 5.75 Å². The van der Waals surface area contributed by atoms with E-state index in [2.05, 4.69) is 7.64 Å². The van der Waals surface area contributed by atoms with Gasteiger partial charge in [0, 0.05) is 0 Å². The molecule has 1 aromatic carbocycles. The number of halogens is 1. The zero-order chi connectivity index (χ0) is 10.6. The second-order valence-electron chi connectivity index (χ2n) is 2.13. The monoisotopic (exact) mass is 284 g/mol. The van der Waals surface area contributed by atoms with Crippen LogP contribution >= 0.6 is 11.6 Å². The van der Waals surface area contributed by atoms with Gasteiger partial charge in [0.15, 0.2) is 0 Å². The first-order chi connectivity index (χ1) is 6.49. The normalized spacial score (nSPS) is 10.6. The van der Waals surface area contributed by atoms with Crippen LogP contribution in [0.3, 0.4) is 0 Å². The predicted molar refractivity (Wildman–Crippen MR) is 46.5 cm³/mol. The number of carbonyl (C=O) groups excluding carboxylic acids is 1. The summed E-state index contributed by atoms with van der Waals surface area (Å²) >= 11 is -0.441. The predicted octanol–water partition coefficient (Wildman–Crippen LogP) is 1.74. The molecule has 0 bridgehead atoms. The average Bonchev–Trinajstić information content (AvgIpc) is 2.02. The Morgan fingerprint density at radius 3 is 2.29 bits per heavy atom. The van der Waals surface area contributed by atoms with Gasteiger partial charge in [-0.15, -0.1) is 0 Å². The summed E-state index contributed by atoms with van der Waals surface area (Å²) in [5.74, 6) is 0.0652. The SMILES string of the molecule is O=C(Cl)O[Se](=O)(=O)Oc1ccccc1. The Kier molecular flexibility index (Phi) is 3.46. The first-order valence-corrected chi connectivity index (χ1v) is 6.55. The molecule has 0 spiro atoms. The van der Waals surface area contributed by atoms with E-state index in [9.17, 15) is 12.5 Å². The van der Waals surface area contributed by atoms with Crippen LogP contribution in [0.4, 0.5) is 4.79 Å². The van der Waals surface area contributed by atoms with E-state index in [0.29, 0.717) is 0 Å². The van der Waals surface area contributed by atoms with E-state index in [0.717, 1.165) is 0 Å². The van der Waals surface area contributed by atoms with Crippen LogP contribution in [-0.4, -0.2) is 18.8 Å². The molecule has 1 aromatic rings. The van der Waals surface area contributed by atoms with Gasteiger partial charge in [0.1, 0.15) is 0 Å². The van der Waals surface area contributed by atoms with Crippen molar-refractivity contribution in [1.29, 1.82) is 0 Å². The van der Waals surface area contributed by atoms with Crippen molar-refractivity contribution in [1.82, 2.24) is 0 Å². The summed E-state index contributed by atoms with van der Waals surface area (Å²) < 4.78 is 30.1. The molecule has 0 saturated heterocycles. The molecule has 14 heavy (non-hydrogen) atoms. The van der Waals surface area contributed by atoms with Crippen LogP contribution in [0.1, 0.15) is 0 Å². The van der Waals surface area contributed by atoms with Gasteiger partial charge in [0.2, 0.25) is 0 Å². The molecule has 0 amide bonds. The van der Waals surface area contributed by atoms with Gasteiger partial charge in [-0.25, -0.2) is 0 Å². The quantitative estimate of drug-likeness (QED) is 0.624. The van der Waals surface area contributed by atoms with Gasteiger partial charge in [0.05, 0.1) is 0 Å². The van der Waals surface area contributed by atoms with E-state index in [-0.39, 0.29) is 5.75 Å². The van der Waals surface area contributed by atoms with Crippen LogP contribution in [0.5, 0.6) is 5.75 Å². The summed E-state index contributed by atoms with van der Waals surface area (Å²) in [6, 6.07) is 7.64. The summed E-state index contributed by atoms with van der Waals surface area (Å²) in [6.07, 6.45) is 0. The second-order valence-corrected chi connectivity index (χ2v) is 4.85. The van der Waals surface area contributed by atoms with Gasteiger partial charge >= 0.3 is 86.6 Å². The Balaban J connectivity index is 2.74. The van der Waals surface area contributed by atoms with E-state index in [1.807, 2.05) is 0 Å². The molecule has 0 fully saturated rings. The molecule has 0 atom stereocenters. The van der Waals surface area contributed by atoms with Gasteiger partial charge < -0.3 is 0 Å². The Hall–Kier alpha value is -1.10. The molecule has 0 aliphatic rings. The Bertz CT molecular complexity index is 413. The van der Waals surface area contributed by atoms with Crippen LogP contribution in [-0.2, 0) is 11.5 Å². The molecule has 0 aliphatic carbocycles. The van der Waals surface area contributed by atoms with Crippen molar-refractivity contribution in [2.24, 2.45) is 0 Å². The number of benzene rings is 1. The summed E-state index contributed by atoms with van der Waals surface area (Å²) in [5.41, 5.74) is -1.44. The fraction of sp³-hybridized carbons (Fsp3) is 0. The van der Waals surface area contributed by atoms with Crippen LogP contribution in [0.2, 0.25) is 0 Å². The average molecular weight is 284 g/mol. The van der Waals surface area contributed by atoms with E-state index in [1.54, 1.807) is 18.2 Å². The van der Waals surface area contributed by atoms with Crippen LogP contribution in [0.25, 0.3) is 0 Å². The van der Waals surface area contributed by atoms with Crippen LogP contribution < -0.4 is 3.82 Å². The molecule has 0 saturated carbocycles. The molecule has 0 N–H and O–H groups in total. The van der Waals surface area contributed by atoms with Gasteiger partial charge in [-0.3, -0.25) is 0 Å².